The topological polar surface area (TPSA) is 90.4 Å². The zero-order chi connectivity index (χ0) is 13.7. The van der Waals surface area contributed by atoms with Crippen LogP contribution < -0.4 is 11.1 Å². The van der Waals surface area contributed by atoms with Gasteiger partial charge in [-0.05, 0) is 25.1 Å². The molecule has 0 saturated carbocycles. The maximum atomic E-state index is 11.6. The molecule has 1 aromatic heterocycles. The number of ether oxygens (including phenoxy) is 1. The monoisotopic (exact) mass is 261 g/mol. The van der Waals surface area contributed by atoms with E-state index in [1.54, 1.807) is 37.4 Å². The number of nitrogens with one attached hydrogen (secondary N) is 1. The van der Waals surface area contributed by atoms with Crippen molar-refractivity contribution in [2.45, 2.75) is 13.5 Å². The summed E-state index contributed by atoms with van der Waals surface area (Å²) in [6, 6.07) is 6.70. The molecular formula is C13H15N3O3. The molecule has 0 atom stereocenters. The third kappa shape index (κ3) is 3.25. The van der Waals surface area contributed by atoms with Gasteiger partial charge in [0, 0.05) is 6.07 Å². The Morgan fingerprint density at radius 1 is 1.47 bits per heavy atom. The van der Waals surface area contributed by atoms with Crippen molar-refractivity contribution in [2.24, 2.45) is 0 Å². The fourth-order valence-electron chi connectivity index (χ4n) is 1.57. The molecule has 2 aromatic rings. The maximum Gasteiger partial charge on any atom is 0.338 e. The summed E-state index contributed by atoms with van der Waals surface area (Å²) < 4.78 is 9.90. The smallest absolute Gasteiger partial charge is 0.338 e. The number of benzene rings is 1. The molecule has 3 N–H and O–H groups in total. The summed E-state index contributed by atoms with van der Waals surface area (Å²) in [5, 5.41) is 6.69. The molecule has 0 aliphatic rings. The number of rotatable bonds is 5. The molecule has 6 nitrogen and oxygen atoms in total. The first-order valence-electron chi connectivity index (χ1n) is 5.90. The number of hydrogen-bond donors (Lipinski definition) is 2. The van der Waals surface area contributed by atoms with Crippen molar-refractivity contribution < 1.29 is 14.1 Å². The second-order valence-corrected chi connectivity index (χ2v) is 3.85. The lowest BCUT2D eigenvalue weighted by molar-refractivity contribution is 0.0526. The Hall–Kier alpha value is -2.50. The zero-order valence-corrected chi connectivity index (χ0v) is 10.6. The van der Waals surface area contributed by atoms with Crippen molar-refractivity contribution in [1.29, 1.82) is 0 Å². The van der Waals surface area contributed by atoms with E-state index < -0.39 is 0 Å². The quantitative estimate of drug-likeness (QED) is 0.632. The first-order valence-corrected chi connectivity index (χ1v) is 5.90. The minimum absolute atomic E-state index is 0.337. The number of nitrogens with two attached hydrogens (primary N) is 1. The summed E-state index contributed by atoms with van der Waals surface area (Å²) in [5.41, 5.74) is 7.50. The number of carbonyl (C=O) groups is 1. The van der Waals surface area contributed by atoms with Gasteiger partial charge < -0.3 is 20.3 Å². The molecule has 19 heavy (non-hydrogen) atoms. The SMILES string of the molecule is CCOC(=O)c1ccc(N)c(NCc2ccno2)c1. The second-order valence-electron chi connectivity index (χ2n) is 3.85. The van der Waals surface area contributed by atoms with Crippen LogP contribution >= 0.6 is 0 Å². The lowest BCUT2D eigenvalue weighted by Gasteiger charge is -2.09. The number of hydrogen-bond acceptors (Lipinski definition) is 6. The molecule has 0 bridgehead atoms. The van der Waals surface area contributed by atoms with Gasteiger partial charge in [0.1, 0.15) is 0 Å². The number of nitrogens with zero attached hydrogens (tertiary/aromatic N) is 1. The summed E-state index contributed by atoms with van der Waals surface area (Å²) in [7, 11) is 0. The maximum absolute atomic E-state index is 11.6. The van der Waals surface area contributed by atoms with Crippen LogP contribution in [-0.4, -0.2) is 17.7 Å². The fourth-order valence-corrected chi connectivity index (χ4v) is 1.57. The molecule has 2 rings (SSSR count). The molecule has 6 heteroatoms. The van der Waals surface area contributed by atoms with Crippen LogP contribution in [0.3, 0.4) is 0 Å². The van der Waals surface area contributed by atoms with Crippen molar-refractivity contribution in [3.63, 3.8) is 0 Å². The van der Waals surface area contributed by atoms with Crippen molar-refractivity contribution in [1.82, 2.24) is 5.16 Å². The van der Waals surface area contributed by atoms with Crippen LogP contribution in [0.25, 0.3) is 0 Å². The zero-order valence-electron chi connectivity index (χ0n) is 10.6. The van der Waals surface area contributed by atoms with Crippen LogP contribution in [-0.2, 0) is 11.3 Å². The molecule has 0 radical (unpaired) electrons. The first kappa shape index (κ1) is 12.9. The average Bonchev–Trinajstić information content (AvgIpc) is 2.91. The summed E-state index contributed by atoms with van der Waals surface area (Å²) in [4.78, 5) is 11.6. The summed E-state index contributed by atoms with van der Waals surface area (Å²) in [6.45, 7) is 2.54. The number of aromatic nitrogens is 1. The van der Waals surface area contributed by atoms with Crippen molar-refractivity contribution in [3.05, 3.63) is 41.8 Å². The Morgan fingerprint density at radius 3 is 3.00 bits per heavy atom. The van der Waals surface area contributed by atoms with Gasteiger partial charge >= 0.3 is 5.97 Å². The van der Waals surface area contributed by atoms with E-state index in [-0.39, 0.29) is 5.97 Å². The summed E-state index contributed by atoms with van der Waals surface area (Å²) in [6.07, 6.45) is 1.56. The van der Waals surface area contributed by atoms with Gasteiger partial charge in [0.05, 0.1) is 36.3 Å². The first-order chi connectivity index (χ1) is 9.20. The number of esters is 1. The molecule has 0 unspecified atom stereocenters. The predicted molar refractivity (Wildman–Crippen MR) is 70.6 cm³/mol. The van der Waals surface area contributed by atoms with Crippen LogP contribution in [0.1, 0.15) is 23.0 Å². The molecule has 0 aliphatic heterocycles. The molecule has 0 spiro atoms. The Morgan fingerprint density at radius 2 is 2.32 bits per heavy atom. The van der Waals surface area contributed by atoms with Gasteiger partial charge in [0.15, 0.2) is 5.76 Å². The normalized spacial score (nSPS) is 10.2. The lowest BCUT2D eigenvalue weighted by Crippen LogP contribution is -2.07. The highest BCUT2D eigenvalue weighted by Crippen LogP contribution is 2.21. The molecule has 100 valence electrons. The third-order valence-corrected chi connectivity index (χ3v) is 2.51. The van der Waals surface area contributed by atoms with Crippen LogP contribution in [0.4, 0.5) is 11.4 Å². The van der Waals surface area contributed by atoms with E-state index in [1.807, 2.05) is 0 Å². The van der Waals surface area contributed by atoms with Gasteiger partial charge in [-0.3, -0.25) is 0 Å². The highest BCUT2D eigenvalue weighted by Gasteiger charge is 2.09. The van der Waals surface area contributed by atoms with Gasteiger partial charge in [0.25, 0.3) is 0 Å². The molecule has 0 fully saturated rings. The van der Waals surface area contributed by atoms with E-state index in [0.717, 1.165) is 0 Å². The van der Waals surface area contributed by atoms with Crippen LogP contribution in [0.5, 0.6) is 0 Å². The molecule has 1 heterocycles. The van der Waals surface area contributed by atoms with Gasteiger partial charge in [-0.25, -0.2) is 4.79 Å². The summed E-state index contributed by atoms with van der Waals surface area (Å²) >= 11 is 0. The predicted octanol–water partition coefficient (Wildman–Crippen LogP) is 2.05. The highest BCUT2D eigenvalue weighted by molar-refractivity contribution is 5.92. The standard InChI is InChI=1S/C13H15N3O3/c1-2-18-13(17)9-3-4-11(14)12(7-9)15-8-10-5-6-16-19-10/h3-7,15H,2,8,14H2,1H3. The molecule has 0 amide bonds. The Balaban J connectivity index is 2.10. The number of anilines is 2. The minimum atomic E-state index is -0.370. The van der Waals surface area contributed by atoms with Crippen molar-refractivity contribution in [3.8, 4) is 0 Å². The van der Waals surface area contributed by atoms with Crippen LogP contribution in [0.2, 0.25) is 0 Å². The Bertz CT molecular complexity index is 552. The minimum Gasteiger partial charge on any atom is -0.462 e. The van der Waals surface area contributed by atoms with Gasteiger partial charge in [-0.15, -0.1) is 0 Å². The van der Waals surface area contributed by atoms with Gasteiger partial charge in [-0.2, -0.15) is 0 Å². The highest BCUT2D eigenvalue weighted by atomic mass is 16.5. The fraction of sp³-hybridized carbons (Fsp3) is 0.231. The third-order valence-electron chi connectivity index (χ3n) is 2.51. The van der Waals surface area contributed by atoms with E-state index >= 15 is 0 Å². The molecular weight excluding hydrogens is 246 g/mol. The Labute approximate surface area is 110 Å². The van der Waals surface area contributed by atoms with Crippen LogP contribution in [0, 0.1) is 0 Å². The largest absolute Gasteiger partial charge is 0.462 e. The number of carbonyl (C=O) groups excluding carboxylic acids is 1. The van der Waals surface area contributed by atoms with E-state index in [9.17, 15) is 4.79 Å². The molecule has 1 aromatic carbocycles. The van der Waals surface area contributed by atoms with Gasteiger partial charge in [-0.1, -0.05) is 5.16 Å². The second kappa shape index (κ2) is 5.90. The van der Waals surface area contributed by atoms with Crippen molar-refractivity contribution >= 4 is 17.3 Å². The molecule has 0 saturated heterocycles. The summed E-state index contributed by atoms with van der Waals surface area (Å²) in [5.74, 6) is 0.311. The number of nitrogen functional groups attached to an aromatic ring is 1. The molecule has 0 aliphatic carbocycles. The van der Waals surface area contributed by atoms with E-state index in [4.69, 9.17) is 15.0 Å². The van der Waals surface area contributed by atoms with Gasteiger partial charge in [0.2, 0.25) is 0 Å². The Kier molecular flexibility index (Phi) is 4.02. The van der Waals surface area contributed by atoms with E-state index in [1.165, 1.54) is 0 Å². The van der Waals surface area contributed by atoms with Crippen LogP contribution in [0.15, 0.2) is 35.0 Å². The lowest BCUT2D eigenvalue weighted by atomic mass is 10.1. The van der Waals surface area contributed by atoms with E-state index in [0.29, 0.717) is 35.9 Å². The van der Waals surface area contributed by atoms with E-state index in [2.05, 4.69) is 10.5 Å². The van der Waals surface area contributed by atoms with Crippen molar-refractivity contribution in [2.75, 3.05) is 17.7 Å². The average molecular weight is 261 g/mol.